The number of halogens is 3. The SMILES string of the molecule is COC(=O)N[C@H]1CCC[C@@H]1[C@](CNC(C)=O)(c1cccc(F)c1)C1CCN(CC2CN(c3ccc(S(=O)(=O)C4CN(C(=O)/C=C/CN5CCCCC5)C4)c(CN4CCC(F)(F)CC4)c3)C2)CC1. The normalized spacial score (nSPS) is 24.8. The van der Waals surface area contributed by atoms with Crippen molar-refractivity contribution >= 4 is 33.4 Å². The van der Waals surface area contributed by atoms with Crippen molar-refractivity contribution in [1.29, 1.82) is 0 Å². The Bertz CT molecular complexity index is 2200. The van der Waals surface area contributed by atoms with Crippen LogP contribution in [0.15, 0.2) is 59.5 Å². The Labute approximate surface area is 394 Å². The van der Waals surface area contributed by atoms with Gasteiger partial charge in [-0.05, 0) is 118 Å². The highest BCUT2D eigenvalue weighted by Gasteiger charge is 2.52. The molecule has 67 heavy (non-hydrogen) atoms. The van der Waals surface area contributed by atoms with E-state index in [0.29, 0.717) is 24.6 Å². The van der Waals surface area contributed by atoms with E-state index in [2.05, 4.69) is 25.3 Å². The molecule has 5 saturated heterocycles. The largest absolute Gasteiger partial charge is 0.453 e. The molecular formula is C50H70F3N7O6S. The average Bonchev–Trinajstić information content (AvgIpc) is 3.74. The molecule has 3 amide bonds. The van der Waals surface area contributed by atoms with Crippen LogP contribution in [-0.4, -0.2) is 155 Å². The van der Waals surface area contributed by atoms with E-state index in [-0.39, 0.29) is 86.0 Å². The van der Waals surface area contributed by atoms with E-state index in [0.717, 1.165) is 102 Å². The number of alkyl carbamates (subject to hydrolysis) is 1. The number of amides is 3. The van der Waals surface area contributed by atoms with Crippen molar-refractivity contribution in [3.63, 3.8) is 0 Å². The molecule has 5 heterocycles. The Morgan fingerprint density at radius 1 is 0.866 bits per heavy atom. The lowest BCUT2D eigenvalue weighted by atomic mass is 9.58. The van der Waals surface area contributed by atoms with Crippen LogP contribution in [0.1, 0.15) is 82.3 Å². The molecule has 2 N–H and O–H groups in total. The van der Waals surface area contributed by atoms with Crippen molar-refractivity contribution in [3.8, 4) is 0 Å². The number of carbonyl (C=O) groups is 3. The minimum Gasteiger partial charge on any atom is -0.453 e. The third-order valence-electron chi connectivity index (χ3n) is 15.8. The quantitative estimate of drug-likeness (QED) is 0.198. The number of hydrogen-bond acceptors (Lipinski definition) is 10. The molecule has 6 fully saturated rings. The topological polar surface area (TPSA) is 135 Å². The van der Waals surface area contributed by atoms with Crippen LogP contribution < -0.4 is 15.5 Å². The van der Waals surface area contributed by atoms with Crippen LogP contribution >= 0.6 is 0 Å². The molecule has 0 unspecified atom stereocenters. The molecule has 6 aliphatic rings. The highest BCUT2D eigenvalue weighted by Crippen LogP contribution is 2.50. The Kier molecular flexibility index (Phi) is 15.6. The maximum Gasteiger partial charge on any atom is 0.407 e. The molecule has 2 aromatic rings. The monoisotopic (exact) mass is 954 g/mol. The summed E-state index contributed by atoms with van der Waals surface area (Å²) in [6.07, 6.45) is 10.1. The Balaban J connectivity index is 0.915. The van der Waals surface area contributed by atoms with E-state index in [9.17, 15) is 31.6 Å². The number of ether oxygens (including phenoxy) is 1. The fourth-order valence-electron chi connectivity index (χ4n) is 12.0. The smallest absolute Gasteiger partial charge is 0.407 e. The average molecular weight is 954 g/mol. The third-order valence-corrected chi connectivity index (χ3v) is 18.0. The second kappa shape index (κ2) is 21.2. The van der Waals surface area contributed by atoms with Gasteiger partial charge in [-0.1, -0.05) is 31.1 Å². The summed E-state index contributed by atoms with van der Waals surface area (Å²) in [6.45, 7) is 9.52. The van der Waals surface area contributed by atoms with Gasteiger partial charge in [0.2, 0.25) is 11.8 Å². The van der Waals surface area contributed by atoms with Gasteiger partial charge in [-0.15, -0.1) is 0 Å². The maximum absolute atomic E-state index is 15.0. The standard InChI is InChI=1S/C50H70F3N7O6S/c1-36(61)54-35-50(40-9-6-10-41(51)28-40,44-11-7-12-45(44)55-48(63)66-2)39-16-23-57(24-17-39)29-37-30-59(31-37)42-14-15-46(38(27-42)32-58-25-18-49(52,53)19-26-58)67(64,65)43-33-60(34-43)47(62)13-8-22-56-20-4-3-5-21-56/h6,8-10,13-15,27-28,37,39,43-45H,3-5,7,11-12,16-26,29-35H2,1-2H3,(H,54,61)(H,55,63)/b13-8+/t44-,45-,50-/m0/s1. The maximum atomic E-state index is 15.0. The number of benzene rings is 2. The van der Waals surface area contributed by atoms with Crippen LogP contribution in [0.3, 0.4) is 0 Å². The second-order valence-electron chi connectivity index (χ2n) is 20.2. The van der Waals surface area contributed by atoms with E-state index in [1.807, 2.05) is 29.2 Å². The van der Waals surface area contributed by atoms with Crippen LogP contribution in [0, 0.1) is 23.6 Å². The molecule has 2 aromatic carbocycles. The highest BCUT2D eigenvalue weighted by molar-refractivity contribution is 7.92. The van der Waals surface area contributed by atoms with Crippen molar-refractivity contribution in [1.82, 2.24) is 30.2 Å². The second-order valence-corrected chi connectivity index (χ2v) is 22.4. The first-order valence-corrected chi connectivity index (χ1v) is 26.2. The fourth-order valence-corrected chi connectivity index (χ4v) is 13.9. The molecule has 0 bridgehead atoms. The zero-order chi connectivity index (χ0) is 47.3. The number of hydrogen-bond donors (Lipinski definition) is 2. The van der Waals surface area contributed by atoms with Gasteiger partial charge in [0.1, 0.15) is 11.1 Å². The van der Waals surface area contributed by atoms with Crippen LogP contribution in [0.25, 0.3) is 0 Å². The van der Waals surface area contributed by atoms with Crippen molar-refractivity contribution in [2.45, 2.75) is 105 Å². The van der Waals surface area contributed by atoms with Gasteiger partial charge < -0.3 is 30.1 Å². The number of anilines is 1. The Morgan fingerprint density at radius 2 is 1.60 bits per heavy atom. The van der Waals surface area contributed by atoms with E-state index >= 15 is 4.39 Å². The van der Waals surface area contributed by atoms with E-state index < -0.39 is 32.5 Å². The summed E-state index contributed by atoms with van der Waals surface area (Å²) in [5, 5.41) is 5.45. The minimum absolute atomic E-state index is 0.0479. The van der Waals surface area contributed by atoms with Gasteiger partial charge in [0.25, 0.3) is 5.92 Å². The van der Waals surface area contributed by atoms with Crippen molar-refractivity contribution < 1.29 is 40.7 Å². The van der Waals surface area contributed by atoms with Crippen molar-refractivity contribution in [2.75, 3.05) is 97.1 Å². The lowest BCUT2D eigenvalue weighted by Gasteiger charge is -2.51. The Morgan fingerprint density at radius 3 is 2.28 bits per heavy atom. The summed E-state index contributed by atoms with van der Waals surface area (Å²) in [7, 11) is -2.47. The van der Waals surface area contributed by atoms with Gasteiger partial charge in [-0.2, -0.15) is 0 Å². The molecule has 368 valence electrons. The Hall–Kier alpha value is -4.19. The van der Waals surface area contributed by atoms with Crippen LogP contribution in [0.4, 0.5) is 23.7 Å². The van der Waals surface area contributed by atoms with Crippen LogP contribution in [-0.2, 0) is 36.1 Å². The molecule has 8 rings (SSSR count). The summed E-state index contributed by atoms with van der Waals surface area (Å²) < 4.78 is 76.8. The predicted octanol–water partition coefficient (Wildman–Crippen LogP) is 5.83. The summed E-state index contributed by atoms with van der Waals surface area (Å²) in [4.78, 5) is 48.7. The number of methoxy groups -OCH3 is 1. The summed E-state index contributed by atoms with van der Waals surface area (Å²) >= 11 is 0. The van der Waals surface area contributed by atoms with E-state index in [4.69, 9.17) is 4.74 Å². The number of piperidine rings is 3. The lowest BCUT2D eigenvalue weighted by Crippen LogP contribution is -2.58. The van der Waals surface area contributed by atoms with E-state index in [1.165, 1.54) is 26.5 Å². The molecular weight excluding hydrogens is 884 g/mol. The summed E-state index contributed by atoms with van der Waals surface area (Å²) in [5.41, 5.74) is 1.72. The molecule has 17 heteroatoms. The van der Waals surface area contributed by atoms with Crippen LogP contribution in [0.2, 0.25) is 0 Å². The van der Waals surface area contributed by atoms with Gasteiger partial charge in [-0.3, -0.25) is 19.4 Å². The van der Waals surface area contributed by atoms with Gasteiger partial charge >= 0.3 is 6.09 Å². The van der Waals surface area contributed by atoms with Gasteiger partial charge in [0.15, 0.2) is 9.84 Å². The first kappa shape index (κ1) is 49.2. The lowest BCUT2D eigenvalue weighted by molar-refractivity contribution is -0.129. The van der Waals surface area contributed by atoms with Gasteiger partial charge in [0, 0.05) is 114 Å². The number of sulfone groups is 1. The highest BCUT2D eigenvalue weighted by atomic mass is 32.2. The predicted molar refractivity (Wildman–Crippen MR) is 251 cm³/mol. The number of carbonyl (C=O) groups excluding carboxylic acids is 3. The molecule has 0 spiro atoms. The number of likely N-dealkylation sites (tertiary alicyclic amines) is 4. The zero-order valence-corrected chi connectivity index (χ0v) is 40.1. The number of nitrogens with one attached hydrogen (secondary N) is 2. The zero-order valence-electron chi connectivity index (χ0n) is 39.3. The van der Waals surface area contributed by atoms with Gasteiger partial charge in [0.05, 0.1) is 12.0 Å². The molecule has 1 aliphatic carbocycles. The van der Waals surface area contributed by atoms with Crippen molar-refractivity contribution in [3.05, 3.63) is 71.6 Å². The number of alkyl halides is 2. The summed E-state index contributed by atoms with van der Waals surface area (Å²) in [6, 6.07) is 12.0. The number of rotatable bonds is 16. The van der Waals surface area contributed by atoms with Crippen molar-refractivity contribution in [2.24, 2.45) is 17.8 Å². The minimum atomic E-state index is -3.82. The van der Waals surface area contributed by atoms with E-state index in [1.54, 1.807) is 29.2 Å². The summed E-state index contributed by atoms with van der Waals surface area (Å²) in [5.74, 6) is -2.97. The fraction of sp³-hybridized carbons (Fsp3) is 0.660. The molecule has 13 nitrogen and oxygen atoms in total. The van der Waals surface area contributed by atoms with Gasteiger partial charge in [-0.25, -0.2) is 26.4 Å². The molecule has 3 atom stereocenters. The molecule has 1 saturated carbocycles. The number of nitrogens with zero attached hydrogens (tertiary/aromatic N) is 5. The first-order valence-electron chi connectivity index (χ1n) is 24.6. The molecule has 0 radical (unpaired) electrons. The van der Waals surface area contributed by atoms with Crippen LogP contribution in [0.5, 0.6) is 0 Å². The first-order chi connectivity index (χ1) is 32.1. The molecule has 0 aromatic heterocycles. The molecule has 5 aliphatic heterocycles. The third kappa shape index (κ3) is 11.5.